The fourth-order valence-corrected chi connectivity index (χ4v) is 1.91. The Balaban J connectivity index is 1.87. The molecule has 0 aliphatic carbocycles. The Morgan fingerprint density at radius 3 is 2.64 bits per heavy atom. The zero-order valence-electron chi connectivity index (χ0n) is 8.77. The number of hydrogen-bond donors (Lipinski definition) is 1. The van der Waals surface area contributed by atoms with Gasteiger partial charge in [0, 0.05) is 37.6 Å². The second-order valence-corrected chi connectivity index (χ2v) is 4.09. The molecule has 1 aromatic rings. The maximum absolute atomic E-state index is 4.02. The molecule has 2 rings (SSSR count). The number of likely N-dealkylation sites (N-methyl/N-ethyl adjacent to an activating group) is 1. The molecule has 0 amide bonds. The number of nitrogens with one attached hydrogen (secondary N) is 1. The lowest BCUT2D eigenvalue weighted by Gasteiger charge is -2.38. The van der Waals surface area contributed by atoms with Crippen LogP contribution in [0.1, 0.15) is 18.5 Å². The van der Waals surface area contributed by atoms with Gasteiger partial charge in [0.05, 0.1) is 0 Å². The van der Waals surface area contributed by atoms with E-state index in [-0.39, 0.29) is 0 Å². The molecule has 2 heterocycles. The quantitative estimate of drug-likeness (QED) is 0.774. The lowest BCUT2D eigenvalue weighted by Crippen LogP contribution is -2.56. The summed E-state index contributed by atoms with van der Waals surface area (Å²) in [6.45, 7) is 4.53. The summed E-state index contributed by atoms with van der Waals surface area (Å²) >= 11 is 0. The van der Waals surface area contributed by atoms with E-state index in [1.807, 2.05) is 12.4 Å². The van der Waals surface area contributed by atoms with Gasteiger partial charge >= 0.3 is 0 Å². The third-order valence-corrected chi connectivity index (χ3v) is 2.76. The Morgan fingerprint density at radius 2 is 2.07 bits per heavy atom. The Morgan fingerprint density at radius 1 is 1.43 bits per heavy atom. The van der Waals surface area contributed by atoms with Gasteiger partial charge in [-0.05, 0) is 31.7 Å². The monoisotopic (exact) mass is 191 g/mol. The van der Waals surface area contributed by atoms with Crippen LogP contribution in [0.2, 0.25) is 0 Å². The number of rotatable bonds is 3. The minimum absolute atomic E-state index is 0.428. The van der Waals surface area contributed by atoms with Crippen molar-refractivity contribution in [3.05, 3.63) is 30.1 Å². The van der Waals surface area contributed by atoms with Crippen molar-refractivity contribution < 1.29 is 0 Å². The Hall–Kier alpha value is -0.930. The third kappa shape index (κ3) is 2.11. The number of hydrogen-bond acceptors (Lipinski definition) is 3. The normalized spacial score (nSPS) is 20.4. The van der Waals surface area contributed by atoms with Crippen LogP contribution in [0.15, 0.2) is 24.5 Å². The molecule has 0 radical (unpaired) electrons. The topological polar surface area (TPSA) is 28.2 Å². The van der Waals surface area contributed by atoms with Crippen molar-refractivity contribution >= 4 is 0 Å². The molecule has 1 atom stereocenters. The first kappa shape index (κ1) is 9.62. The summed E-state index contributed by atoms with van der Waals surface area (Å²) in [4.78, 5) is 6.33. The van der Waals surface area contributed by atoms with Crippen molar-refractivity contribution in [3.63, 3.8) is 0 Å². The van der Waals surface area contributed by atoms with E-state index < -0.39 is 0 Å². The summed E-state index contributed by atoms with van der Waals surface area (Å²) in [5.41, 5.74) is 1.31. The maximum Gasteiger partial charge on any atom is 0.0327 e. The number of nitrogens with zero attached hydrogens (tertiary/aromatic N) is 2. The third-order valence-electron chi connectivity index (χ3n) is 2.76. The predicted molar refractivity (Wildman–Crippen MR) is 57.1 cm³/mol. The minimum atomic E-state index is 0.428. The zero-order valence-corrected chi connectivity index (χ0v) is 8.77. The first-order chi connectivity index (χ1) is 6.75. The lowest BCUT2D eigenvalue weighted by atomic mass is 10.1. The highest BCUT2D eigenvalue weighted by Gasteiger charge is 2.24. The Kier molecular flexibility index (Phi) is 2.79. The van der Waals surface area contributed by atoms with Crippen LogP contribution in [-0.2, 0) is 0 Å². The molecular weight excluding hydrogens is 174 g/mol. The van der Waals surface area contributed by atoms with Gasteiger partial charge in [0.25, 0.3) is 0 Å². The first-order valence-corrected chi connectivity index (χ1v) is 5.10. The average Bonchev–Trinajstić information content (AvgIpc) is 2.17. The molecule has 1 unspecified atom stereocenters. The van der Waals surface area contributed by atoms with Gasteiger partial charge in [-0.15, -0.1) is 0 Å². The van der Waals surface area contributed by atoms with E-state index in [0.717, 1.165) is 13.1 Å². The van der Waals surface area contributed by atoms with Crippen LogP contribution in [0.5, 0.6) is 0 Å². The highest BCUT2D eigenvalue weighted by atomic mass is 15.2. The standard InChI is InChI=1S/C11H17N3/c1-9(10-3-5-12-6-4-10)13-11-7-14(2)8-11/h3-6,9,11,13H,7-8H2,1-2H3. The van der Waals surface area contributed by atoms with Gasteiger partial charge in [-0.2, -0.15) is 0 Å². The van der Waals surface area contributed by atoms with Gasteiger partial charge in [-0.3, -0.25) is 4.98 Å². The molecule has 3 heteroatoms. The van der Waals surface area contributed by atoms with Crippen molar-refractivity contribution in [2.45, 2.75) is 19.0 Å². The van der Waals surface area contributed by atoms with Crippen LogP contribution < -0.4 is 5.32 Å². The van der Waals surface area contributed by atoms with Crippen molar-refractivity contribution in [1.29, 1.82) is 0 Å². The predicted octanol–water partition coefficient (Wildman–Crippen LogP) is 1.05. The number of pyridine rings is 1. The van der Waals surface area contributed by atoms with Crippen LogP contribution in [0.4, 0.5) is 0 Å². The fourth-order valence-electron chi connectivity index (χ4n) is 1.91. The fraction of sp³-hybridized carbons (Fsp3) is 0.545. The number of aromatic nitrogens is 1. The maximum atomic E-state index is 4.02. The largest absolute Gasteiger partial charge is 0.305 e. The molecule has 1 aliphatic heterocycles. The lowest BCUT2D eigenvalue weighted by molar-refractivity contribution is 0.153. The summed E-state index contributed by atoms with van der Waals surface area (Å²) in [5.74, 6) is 0. The molecule has 0 bridgehead atoms. The molecule has 0 aromatic carbocycles. The van der Waals surface area contributed by atoms with E-state index in [2.05, 4.69) is 41.3 Å². The molecular formula is C11H17N3. The highest BCUT2D eigenvalue weighted by molar-refractivity contribution is 5.14. The smallest absolute Gasteiger partial charge is 0.0327 e. The van der Waals surface area contributed by atoms with Gasteiger partial charge in [0.2, 0.25) is 0 Å². The Labute approximate surface area is 85.1 Å². The molecule has 1 fully saturated rings. The van der Waals surface area contributed by atoms with Crippen LogP contribution in [0.25, 0.3) is 0 Å². The van der Waals surface area contributed by atoms with Crippen molar-refractivity contribution in [2.75, 3.05) is 20.1 Å². The molecule has 1 aliphatic rings. The average molecular weight is 191 g/mol. The summed E-state index contributed by atoms with van der Waals surface area (Å²) in [6, 6.07) is 5.22. The van der Waals surface area contributed by atoms with E-state index in [1.165, 1.54) is 5.56 Å². The van der Waals surface area contributed by atoms with Crippen LogP contribution in [-0.4, -0.2) is 36.1 Å². The molecule has 14 heavy (non-hydrogen) atoms. The van der Waals surface area contributed by atoms with Crippen LogP contribution >= 0.6 is 0 Å². The molecule has 76 valence electrons. The summed E-state index contributed by atoms with van der Waals surface area (Å²) in [7, 11) is 2.15. The zero-order chi connectivity index (χ0) is 9.97. The molecule has 1 saturated heterocycles. The van der Waals surface area contributed by atoms with E-state index in [9.17, 15) is 0 Å². The van der Waals surface area contributed by atoms with Gasteiger partial charge in [-0.1, -0.05) is 0 Å². The Bertz CT molecular complexity index is 280. The molecule has 3 nitrogen and oxygen atoms in total. The van der Waals surface area contributed by atoms with Crippen molar-refractivity contribution in [2.24, 2.45) is 0 Å². The van der Waals surface area contributed by atoms with E-state index in [0.29, 0.717) is 12.1 Å². The first-order valence-electron chi connectivity index (χ1n) is 5.10. The summed E-state index contributed by atoms with van der Waals surface area (Å²) < 4.78 is 0. The summed E-state index contributed by atoms with van der Waals surface area (Å²) in [6.07, 6.45) is 3.70. The second kappa shape index (κ2) is 4.07. The van der Waals surface area contributed by atoms with Gasteiger partial charge < -0.3 is 10.2 Å². The van der Waals surface area contributed by atoms with Crippen LogP contribution in [0, 0.1) is 0 Å². The molecule has 0 saturated carbocycles. The van der Waals surface area contributed by atoms with Crippen molar-refractivity contribution in [3.8, 4) is 0 Å². The second-order valence-electron chi connectivity index (χ2n) is 4.09. The molecule has 1 N–H and O–H groups in total. The van der Waals surface area contributed by atoms with E-state index in [4.69, 9.17) is 0 Å². The SMILES string of the molecule is CC(NC1CN(C)C1)c1ccncc1. The van der Waals surface area contributed by atoms with Gasteiger partial charge in [0.15, 0.2) is 0 Å². The molecule has 1 aromatic heterocycles. The highest BCUT2D eigenvalue weighted by Crippen LogP contribution is 2.14. The summed E-state index contributed by atoms with van der Waals surface area (Å²) in [5, 5.41) is 3.59. The molecule has 0 spiro atoms. The van der Waals surface area contributed by atoms with Crippen molar-refractivity contribution in [1.82, 2.24) is 15.2 Å². The van der Waals surface area contributed by atoms with Gasteiger partial charge in [0.1, 0.15) is 0 Å². The van der Waals surface area contributed by atoms with E-state index in [1.54, 1.807) is 0 Å². The van der Waals surface area contributed by atoms with Crippen LogP contribution in [0.3, 0.4) is 0 Å². The minimum Gasteiger partial charge on any atom is -0.305 e. The van der Waals surface area contributed by atoms with Gasteiger partial charge in [-0.25, -0.2) is 0 Å². The number of likely N-dealkylation sites (tertiary alicyclic amines) is 1. The van der Waals surface area contributed by atoms with E-state index >= 15 is 0 Å².